The molecule has 0 aliphatic heterocycles. The number of nitrogens with one attached hydrogen (secondary N) is 1. The SMILES string of the molecule is Brc1ccc(-n2c(-c3ccccc3)nc3ccccc32)cc1.c1ccc(-c2ccc(N(c3ccc(-c4ccccc4)cc3)c3ccc(-n4c(-c5ccccc5)nc5ccccc54)cc3)cc2)cc1.c1ccc(-c2ccc(Nc3ccc(-c4ccccc4)cc3)cc2)cc1. The molecular formula is C86H63BrN6. The fourth-order valence-corrected chi connectivity index (χ4v) is 12.0. The minimum absolute atomic E-state index is 0.930. The second-order valence-electron chi connectivity index (χ2n) is 22.4. The van der Waals surface area contributed by atoms with Crippen LogP contribution in [0.4, 0.5) is 28.4 Å². The first-order valence-corrected chi connectivity index (χ1v) is 31.9. The van der Waals surface area contributed by atoms with E-state index in [9.17, 15) is 0 Å². The summed E-state index contributed by atoms with van der Waals surface area (Å²) in [6, 6.07) is 131. The number of imidazole rings is 2. The highest BCUT2D eigenvalue weighted by atomic mass is 79.9. The molecular weight excluding hydrogens is 1200 g/mol. The van der Waals surface area contributed by atoms with E-state index in [-0.39, 0.29) is 0 Å². The molecule has 0 fully saturated rings. The normalized spacial score (nSPS) is 10.8. The van der Waals surface area contributed by atoms with Crippen LogP contribution in [0.1, 0.15) is 0 Å². The van der Waals surface area contributed by atoms with Crippen LogP contribution >= 0.6 is 15.9 Å². The van der Waals surface area contributed by atoms with Gasteiger partial charge in [0.1, 0.15) is 11.6 Å². The monoisotopic (exact) mass is 1260 g/mol. The molecule has 93 heavy (non-hydrogen) atoms. The molecule has 0 amide bonds. The second-order valence-corrected chi connectivity index (χ2v) is 23.3. The second kappa shape index (κ2) is 27.9. The fourth-order valence-electron chi connectivity index (χ4n) is 11.7. The first-order chi connectivity index (χ1) is 46.0. The minimum Gasteiger partial charge on any atom is -0.356 e. The Bertz CT molecular complexity index is 4860. The van der Waals surface area contributed by atoms with Gasteiger partial charge < -0.3 is 10.2 Å². The van der Waals surface area contributed by atoms with Crippen LogP contribution in [0, 0.1) is 0 Å². The van der Waals surface area contributed by atoms with Crippen LogP contribution in [0.15, 0.2) is 381 Å². The zero-order chi connectivity index (χ0) is 62.6. The molecule has 7 heteroatoms. The van der Waals surface area contributed by atoms with E-state index in [2.05, 4.69) is 357 Å². The highest BCUT2D eigenvalue weighted by molar-refractivity contribution is 9.10. The summed E-state index contributed by atoms with van der Waals surface area (Å²) in [6.45, 7) is 0. The van der Waals surface area contributed by atoms with Crippen LogP contribution in [0.3, 0.4) is 0 Å². The number of hydrogen-bond acceptors (Lipinski definition) is 4. The van der Waals surface area contributed by atoms with E-state index in [0.717, 1.165) is 89.1 Å². The van der Waals surface area contributed by atoms with Crippen molar-refractivity contribution in [2.24, 2.45) is 0 Å². The van der Waals surface area contributed by atoms with Crippen molar-refractivity contribution in [1.82, 2.24) is 19.1 Å². The number of anilines is 5. The van der Waals surface area contributed by atoms with Crippen molar-refractivity contribution in [3.8, 4) is 78.7 Å². The number of para-hydroxylation sites is 4. The molecule has 0 saturated carbocycles. The standard InChI is InChI=1S/C43H31N3.C24H19N.C19H13BrN2/c1-4-12-32(13-5-1)34-20-24-37(25-21-34)45(38-26-22-35(23-27-38)33-14-6-2-7-15-33)39-28-30-40(31-29-39)46-42-19-11-10-18-41(42)44-43(46)36-16-8-3-9-17-36;1-3-7-19(8-4-1)21-11-15-23(16-12-21)25-24-17-13-22(14-18-24)20-9-5-2-6-10-20;20-15-10-12-16(13-11-15)22-18-9-5-4-8-17(18)21-19(22)14-6-2-1-3-7-14/h1-31H;1-18,25H;1-13H. The van der Waals surface area contributed by atoms with Crippen molar-refractivity contribution in [2.45, 2.75) is 0 Å². The molecule has 2 aromatic heterocycles. The predicted octanol–water partition coefficient (Wildman–Crippen LogP) is 23.7. The van der Waals surface area contributed by atoms with Crippen LogP contribution in [-0.4, -0.2) is 19.1 Å². The van der Waals surface area contributed by atoms with Crippen LogP contribution in [-0.2, 0) is 0 Å². The van der Waals surface area contributed by atoms with Gasteiger partial charge in [0.15, 0.2) is 0 Å². The molecule has 444 valence electrons. The summed E-state index contributed by atoms with van der Waals surface area (Å²) in [5.74, 6) is 1.89. The van der Waals surface area contributed by atoms with Gasteiger partial charge in [-0.2, -0.15) is 0 Å². The van der Waals surface area contributed by atoms with E-state index in [1.54, 1.807) is 0 Å². The molecule has 0 unspecified atom stereocenters. The Labute approximate surface area is 551 Å². The quantitative estimate of drug-likeness (QED) is 0.125. The van der Waals surface area contributed by atoms with E-state index in [1.165, 1.54) is 44.5 Å². The van der Waals surface area contributed by atoms with E-state index in [1.807, 2.05) is 54.6 Å². The van der Waals surface area contributed by atoms with Crippen molar-refractivity contribution in [1.29, 1.82) is 0 Å². The summed E-state index contributed by atoms with van der Waals surface area (Å²) < 4.78 is 5.53. The van der Waals surface area contributed by atoms with Gasteiger partial charge in [0, 0.05) is 55.4 Å². The zero-order valence-electron chi connectivity index (χ0n) is 50.9. The van der Waals surface area contributed by atoms with Crippen LogP contribution in [0.5, 0.6) is 0 Å². The number of benzene rings is 14. The lowest BCUT2D eigenvalue weighted by Gasteiger charge is -2.26. The topological polar surface area (TPSA) is 50.9 Å². The Kier molecular flexibility index (Phi) is 17.6. The molecule has 16 aromatic rings. The molecule has 16 rings (SSSR count). The molecule has 0 radical (unpaired) electrons. The fraction of sp³-hybridized carbons (Fsp3) is 0. The van der Waals surface area contributed by atoms with Gasteiger partial charge in [0.05, 0.1) is 22.1 Å². The molecule has 14 aromatic carbocycles. The van der Waals surface area contributed by atoms with Gasteiger partial charge in [0.2, 0.25) is 0 Å². The average molecular weight is 1260 g/mol. The number of halogens is 1. The Morgan fingerprint density at radius 3 is 0.806 bits per heavy atom. The van der Waals surface area contributed by atoms with Gasteiger partial charge in [-0.3, -0.25) is 9.13 Å². The molecule has 0 bridgehead atoms. The third-order valence-electron chi connectivity index (χ3n) is 16.4. The molecule has 0 atom stereocenters. The van der Waals surface area contributed by atoms with Gasteiger partial charge in [0.25, 0.3) is 0 Å². The lowest BCUT2D eigenvalue weighted by atomic mass is 10.0. The molecule has 2 heterocycles. The van der Waals surface area contributed by atoms with Gasteiger partial charge in [-0.05, 0) is 166 Å². The Hall–Kier alpha value is -11.9. The Morgan fingerprint density at radius 2 is 0.484 bits per heavy atom. The van der Waals surface area contributed by atoms with E-state index in [4.69, 9.17) is 9.97 Å². The minimum atomic E-state index is 0.930. The van der Waals surface area contributed by atoms with Crippen molar-refractivity contribution < 1.29 is 0 Å². The van der Waals surface area contributed by atoms with Crippen LogP contribution in [0.25, 0.3) is 101 Å². The molecule has 0 aliphatic rings. The molecule has 0 aliphatic carbocycles. The maximum absolute atomic E-state index is 5.03. The first kappa shape index (κ1) is 58.8. The number of hydrogen-bond donors (Lipinski definition) is 1. The van der Waals surface area contributed by atoms with E-state index >= 15 is 0 Å². The van der Waals surface area contributed by atoms with Crippen LogP contribution < -0.4 is 10.2 Å². The summed E-state index contributed by atoms with van der Waals surface area (Å²) in [6.07, 6.45) is 0. The van der Waals surface area contributed by atoms with Gasteiger partial charge in [-0.25, -0.2) is 9.97 Å². The Balaban J connectivity index is 0.000000134. The van der Waals surface area contributed by atoms with E-state index < -0.39 is 0 Å². The maximum atomic E-state index is 5.03. The van der Waals surface area contributed by atoms with Crippen LogP contribution in [0.2, 0.25) is 0 Å². The van der Waals surface area contributed by atoms with Crippen molar-refractivity contribution in [2.75, 3.05) is 10.2 Å². The average Bonchev–Trinajstić information content (AvgIpc) is 1.69. The molecule has 6 nitrogen and oxygen atoms in total. The summed E-state index contributed by atoms with van der Waals surface area (Å²) >= 11 is 3.50. The number of rotatable bonds is 13. The molecule has 1 N–H and O–H groups in total. The van der Waals surface area contributed by atoms with Crippen molar-refractivity contribution >= 4 is 66.4 Å². The summed E-state index contributed by atoms with van der Waals surface area (Å²) in [5.41, 5.74) is 23.7. The third-order valence-corrected chi connectivity index (χ3v) is 16.9. The summed E-state index contributed by atoms with van der Waals surface area (Å²) in [4.78, 5) is 12.2. The number of nitrogens with zero attached hydrogens (tertiary/aromatic N) is 5. The Morgan fingerprint density at radius 1 is 0.237 bits per heavy atom. The lowest BCUT2D eigenvalue weighted by molar-refractivity contribution is 1.10. The van der Waals surface area contributed by atoms with Gasteiger partial charge >= 0.3 is 0 Å². The molecule has 0 spiro atoms. The zero-order valence-corrected chi connectivity index (χ0v) is 52.5. The third kappa shape index (κ3) is 13.5. The largest absolute Gasteiger partial charge is 0.356 e. The maximum Gasteiger partial charge on any atom is 0.145 e. The summed E-state index contributed by atoms with van der Waals surface area (Å²) in [5, 5.41) is 3.46. The van der Waals surface area contributed by atoms with Crippen molar-refractivity contribution in [3.05, 3.63) is 381 Å². The smallest absolute Gasteiger partial charge is 0.145 e. The number of fused-ring (bicyclic) bond motifs is 2. The van der Waals surface area contributed by atoms with E-state index in [0.29, 0.717) is 0 Å². The predicted molar refractivity (Wildman–Crippen MR) is 393 cm³/mol. The first-order valence-electron chi connectivity index (χ1n) is 31.1. The lowest BCUT2D eigenvalue weighted by Crippen LogP contribution is -2.10. The van der Waals surface area contributed by atoms with Gasteiger partial charge in [-0.15, -0.1) is 0 Å². The molecule has 0 saturated heterocycles. The summed E-state index contributed by atoms with van der Waals surface area (Å²) in [7, 11) is 0. The van der Waals surface area contributed by atoms with Gasteiger partial charge in [-0.1, -0.05) is 271 Å². The van der Waals surface area contributed by atoms with Crippen molar-refractivity contribution in [3.63, 3.8) is 0 Å². The number of aromatic nitrogens is 4. The highest BCUT2D eigenvalue weighted by Gasteiger charge is 2.18. The highest BCUT2D eigenvalue weighted by Crippen LogP contribution is 2.39.